The van der Waals surface area contributed by atoms with Gasteiger partial charge in [0.25, 0.3) is 0 Å². The quantitative estimate of drug-likeness (QED) is 0.673. The molecular weight excluding hydrogens is 174 g/mol. The molecule has 1 N–H and O–H groups in total. The van der Waals surface area contributed by atoms with Crippen molar-refractivity contribution in [3.05, 3.63) is 18.2 Å². The van der Waals surface area contributed by atoms with Gasteiger partial charge in [-0.1, -0.05) is 6.92 Å². The average molecular weight is 195 g/mol. The van der Waals surface area contributed by atoms with E-state index in [1.165, 1.54) is 25.1 Å². The fourth-order valence-corrected chi connectivity index (χ4v) is 1.58. The van der Waals surface area contributed by atoms with Gasteiger partial charge in [0.1, 0.15) is 5.82 Å². The summed E-state index contributed by atoms with van der Waals surface area (Å²) < 4.78 is 2.28. The van der Waals surface area contributed by atoms with Crippen LogP contribution in [0.3, 0.4) is 0 Å². The zero-order valence-electron chi connectivity index (χ0n) is 9.29. The molecule has 14 heavy (non-hydrogen) atoms. The van der Waals surface area contributed by atoms with Crippen molar-refractivity contribution < 1.29 is 0 Å². The van der Waals surface area contributed by atoms with Crippen molar-refractivity contribution in [2.75, 3.05) is 13.6 Å². The first-order valence-corrected chi connectivity index (χ1v) is 5.53. The maximum absolute atomic E-state index is 4.35. The Morgan fingerprint density at radius 2 is 2.29 bits per heavy atom. The van der Waals surface area contributed by atoms with Crippen LogP contribution in [0.1, 0.15) is 32.0 Å². The maximum Gasteiger partial charge on any atom is 0.108 e. The van der Waals surface area contributed by atoms with Gasteiger partial charge in [-0.25, -0.2) is 4.98 Å². The lowest BCUT2D eigenvalue weighted by atomic mass is 10.3. The molecule has 0 aromatic carbocycles. The van der Waals surface area contributed by atoms with Crippen LogP contribution in [-0.2, 0) is 13.0 Å². The minimum absolute atomic E-state index is 1.10. The Labute approximate surface area is 86.5 Å². The summed E-state index contributed by atoms with van der Waals surface area (Å²) in [6.07, 6.45) is 8.73. The molecule has 0 aliphatic heterocycles. The van der Waals surface area contributed by atoms with Crippen LogP contribution in [0.15, 0.2) is 12.4 Å². The summed E-state index contributed by atoms with van der Waals surface area (Å²) >= 11 is 0. The predicted molar refractivity (Wildman–Crippen MR) is 59.4 cm³/mol. The van der Waals surface area contributed by atoms with E-state index in [0.717, 1.165) is 19.5 Å². The molecule has 0 spiro atoms. The Kier molecular flexibility index (Phi) is 5.30. The van der Waals surface area contributed by atoms with E-state index in [2.05, 4.69) is 28.0 Å². The molecule has 3 nitrogen and oxygen atoms in total. The summed E-state index contributed by atoms with van der Waals surface area (Å²) in [4.78, 5) is 4.35. The predicted octanol–water partition coefficient (Wildman–Crippen LogP) is 1.84. The molecule has 0 aliphatic carbocycles. The first-order valence-electron chi connectivity index (χ1n) is 5.53. The summed E-state index contributed by atoms with van der Waals surface area (Å²) in [5.74, 6) is 1.23. The average Bonchev–Trinajstić information content (AvgIpc) is 2.61. The number of hydrogen-bond acceptors (Lipinski definition) is 2. The Morgan fingerprint density at radius 3 is 3.00 bits per heavy atom. The van der Waals surface area contributed by atoms with Crippen molar-refractivity contribution in [1.82, 2.24) is 14.9 Å². The lowest BCUT2D eigenvalue weighted by Gasteiger charge is -2.06. The van der Waals surface area contributed by atoms with E-state index >= 15 is 0 Å². The van der Waals surface area contributed by atoms with E-state index in [-0.39, 0.29) is 0 Å². The summed E-state index contributed by atoms with van der Waals surface area (Å²) in [6, 6.07) is 0. The Morgan fingerprint density at radius 1 is 1.43 bits per heavy atom. The number of nitrogens with zero attached hydrogens (tertiary/aromatic N) is 2. The summed E-state index contributed by atoms with van der Waals surface area (Å²) in [5.41, 5.74) is 0. The topological polar surface area (TPSA) is 29.9 Å². The van der Waals surface area contributed by atoms with E-state index in [1.54, 1.807) is 0 Å². The highest BCUT2D eigenvalue weighted by Gasteiger charge is 2.00. The molecule has 0 radical (unpaired) electrons. The smallest absolute Gasteiger partial charge is 0.108 e. The second kappa shape index (κ2) is 6.60. The van der Waals surface area contributed by atoms with Crippen molar-refractivity contribution in [2.24, 2.45) is 0 Å². The van der Waals surface area contributed by atoms with Gasteiger partial charge in [-0.2, -0.15) is 0 Å². The number of imidazole rings is 1. The minimum atomic E-state index is 1.10. The molecule has 3 heteroatoms. The monoisotopic (exact) mass is 195 g/mol. The lowest BCUT2D eigenvalue weighted by molar-refractivity contribution is 0.569. The van der Waals surface area contributed by atoms with Crippen molar-refractivity contribution in [3.63, 3.8) is 0 Å². The van der Waals surface area contributed by atoms with Gasteiger partial charge < -0.3 is 9.88 Å². The number of hydrogen-bond donors (Lipinski definition) is 1. The molecule has 0 saturated heterocycles. The largest absolute Gasteiger partial charge is 0.335 e. The molecule has 1 rings (SSSR count). The van der Waals surface area contributed by atoms with Crippen LogP contribution >= 0.6 is 0 Å². The van der Waals surface area contributed by atoms with Gasteiger partial charge in [0.05, 0.1) is 0 Å². The van der Waals surface area contributed by atoms with E-state index in [9.17, 15) is 0 Å². The molecule has 1 aromatic rings. The molecule has 0 fully saturated rings. The Balaban J connectivity index is 2.30. The van der Waals surface area contributed by atoms with E-state index in [1.807, 2.05) is 13.2 Å². The second-order valence-electron chi connectivity index (χ2n) is 3.60. The maximum atomic E-state index is 4.35. The second-order valence-corrected chi connectivity index (χ2v) is 3.60. The van der Waals surface area contributed by atoms with Crippen molar-refractivity contribution in [3.8, 4) is 0 Å². The normalized spacial score (nSPS) is 10.7. The van der Waals surface area contributed by atoms with Crippen LogP contribution < -0.4 is 5.32 Å². The van der Waals surface area contributed by atoms with Gasteiger partial charge in [-0.3, -0.25) is 0 Å². The van der Waals surface area contributed by atoms with Crippen LogP contribution in [0, 0.1) is 0 Å². The third kappa shape index (κ3) is 3.50. The van der Waals surface area contributed by atoms with Crippen molar-refractivity contribution >= 4 is 0 Å². The molecule has 1 heterocycles. The minimum Gasteiger partial charge on any atom is -0.335 e. The molecule has 0 saturated carbocycles. The molecule has 1 aromatic heterocycles. The van der Waals surface area contributed by atoms with Crippen molar-refractivity contribution in [1.29, 1.82) is 0 Å². The molecule has 0 amide bonds. The van der Waals surface area contributed by atoms with Gasteiger partial charge in [-0.05, 0) is 32.9 Å². The van der Waals surface area contributed by atoms with Crippen LogP contribution in [-0.4, -0.2) is 23.1 Å². The van der Waals surface area contributed by atoms with Crippen molar-refractivity contribution in [2.45, 2.75) is 39.2 Å². The van der Waals surface area contributed by atoms with Crippen LogP contribution in [0.4, 0.5) is 0 Å². The number of aryl methyl sites for hydroxylation is 2. The number of rotatable bonds is 7. The van der Waals surface area contributed by atoms with Gasteiger partial charge in [0.15, 0.2) is 0 Å². The third-order valence-electron chi connectivity index (χ3n) is 2.35. The third-order valence-corrected chi connectivity index (χ3v) is 2.35. The fraction of sp³-hybridized carbons (Fsp3) is 0.727. The highest BCUT2D eigenvalue weighted by molar-refractivity contribution is 4.92. The van der Waals surface area contributed by atoms with Crippen LogP contribution in [0.2, 0.25) is 0 Å². The van der Waals surface area contributed by atoms with Gasteiger partial charge in [-0.15, -0.1) is 0 Å². The van der Waals surface area contributed by atoms with Gasteiger partial charge >= 0.3 is 0 Å². The number of aromatic nitrogens is 2. The van der Waals surface area contributed by atoms with Gasteiger partial charge in [0.2, 0.25) is 0 Å². The summed E-state index contributed by atoms with van der Waals surface area (Å²) in [6.45, 7) is 4.41. The fourth-order valence-electron chi connectivity index (χ4n) is 1.58. The molecule has 0 aliphatic rings. The van der Waals surface area contributed by atoms with E-state index < -0.39 is 0 Å². The first-order chi connectivity index (χ1) is 6.88. The number of nitrogens with one attached hydrogen (secondary N) is 1. The van der Waals surface area contributed by atoms with Crippen LogP contribution in [0.25, 0.3) is 0 Å². The molecule has 80 valence electrons. The SMILES string of the molecule is CCCc1nccn1CCCCNC. The highest BCUT2D eigenvalue weighted by atomic mass is 15.1. The molecular formula is C11H21N3. The van der Waals surface area contributed by atoms with Gasteiger partial charge in [0, 0.05) is 25.4 Å². The number of unbranched alkanes of at least 4 members (excludes halogenated alkanes) is 1. The summed E-state index contributed by atoms with van der Waals surface area (Å²) in [7, 11) is 2.00. The standard InChI is InChI=1S/C11H21N3/c1-3-6-11-13-8-10-14(11)9-5-4-7-12-2/h8,10,12H,3-7,9H2,1-2H3. The Hall–Kier alpha value is -0.830. The molecule has 0 bridgehead atoms. The Bertz CT molecular complexity index is 242. The molecule has 0 atom stereocenters. The summed E-state index contributed by atoms with van der Waals surface area (Å²) in [5, 5.41) is 3.16. The van der Waals surface area contributed by atoms with E-state index in [4.69, 9.17) is 0 Å². The lowest BCUT2D eigenvalue weighted by Crippen LogP contribution is -2.09. The van der Waals surface area contributed by atoms with E-state index in [0.29, 0.717) is 0 Å². The zero-order valence-corrected chi connectivity index (χ0v) is 9.29. The van der Waals surface area contributed by atoms with Crippen LogP contribution in [0.5, 0.6) is 0 Å². The zero-order chi connectivity index (χ0) is 10.2. The molecule has 0 unspecified atom stereocenters. The highest BCUT2D eigenvalue weighted by Crippen LogP contribution is 2.03. The first kappa shape index (κ1) is 11.2.